The molecule has 10 heteroatoms. The predicted octanol–water partition coefficient (Wildman–Crippen LogP) is 6.10. The minimum absolute atomic E-state index is 0.113. The molecule has 0 unspecified atom stereocenters. The van der Waals surface area contributed by atoms with Crippen LogP contribution in [0.15, 0.2) is 77.7 Å². The fourth-order valence-electron chi connectivity index (χ4n) is 3.38. The van der Waals surface area contributed by atoms with Crippen LogP contribution in [0.5, 0.6) is 0 Å². The Balaban J connectivity index is 2.10. The van der Waals surface area contributed by atoms with Crippen molar-refractivity contribution in [3.63, 3.8) is 0 Å². The Bertz CT molecular complexity index is 1410. The van der Waals surface area contributed by atoms with Gasteiger partial charge in [-0.2, -0.15) is 5.10 Å². The van der Waals surface area contributed by atoms with Gasteiger partial charge in [-0.05, 0) is 30.3 Å². The molecule has 0 spiro atoms. The molecule has 2 N–H and O–H groups in total. The maximum atomic E-state index is 14.1. The molecule has 0 bridgehead atoms. The largest absolute Gasteiger partial charge is 0.282 e. The monoisotopic (exact) mass is 493 g/mol. The van der Waals surface area contributed by atoms with Crippen molar-refractivity contribution in [2.75, 3.05) is 0 Å². The summed E-state index contributed by atoms with van der Waals surface area (Å²) in [6.45, 7) is 0. The van der Waals surface area contributed by atoms with Crippen molar-refractivity contribution in [3.05, 3.63) is 88.5 Å². The van der Waals surface area contributed by atoms with Crippen LogP contribution in [-0.4, -0.2) is 18.2 Å². The zero-order chi connectivity index (χ0) is 23.0. The number of benzene rings is 3. The third-order valence-electron chi connectivity index (χ3n) is 4.80. The van der Waals surface area contributed by atoms with Gasteiger partial charge in [0.15, 0.2) is 0 Å². The van der Waals surface area contributed by atoms with Crippen LogP contribution < -0.4 is 5.14 Å². The highest BCUT2D eigenvalue weighted by molar-refractivity contribution is 7.89. The molecule has 5 nitrogen and oxygen atoms in total. The number of nitrogens with zero attached hydrogens (tertiary/aromatic N) is 2. The van der Waals surface area contributed by atoms with Crippen molar-refractivity contribution >= 4 is 33.2 Å². The lowest BCUT2D eigenvalue weighted by atomic mass is 9.98. The fourth-order valence-corrected chi connectivity index (χ4v) is 4.35. The summed E-state index contributed by atoms with van der Waals surface area (Å²) >= 11 is 12.7. The third kappa shape index (κ3) is 4.14. The van der Waals surface area contributed by atoms with Gasteiger partial charge in [-0.25, -0.2) is 27.0 Å². The van der Waals surface area contributed by atoms with E-state index in [9.17, 15) is 17.2 Å². The SMILES string of the molecule is NS(=O)(=O)c1ccc(-c2c(-c3ccccc3Cl)c(C(F)F)nn2-c2ccccc2Cl)cc1. The van der Waals surface area contributed by atoms with Gasteiger partial charge < -0.3 is 0 Å². The van der Waals surface area contributed by atoms with Crippen LogP contribution in [-0.2, 0) is 10.0 Å². The van der Waals surface area contributed by atoms with Crippen LogP contribution in [0.3, 0.4) is 0 Å². The molecule has 0 atom stereocenters. The Morgan fingerprint density at radius 1 is 0.875 bits per heavy atom. The molecule has 1 heterocycles. The summed E-state index contributed by atoms with van der Waals surface area (Å²) < 4.78 is 52.9. The number of sulfonamides is 1. The molecule has 0 aliphatic rings. The first kappa shape index (κ1) is 22.4. The van der Waals surface area contributed by atoms with Crippen molar-refractivity contribution in [1.29, 1.82) is 0 Å². The lowest BCUT2D eigenvalue weighted by Gasteiger charge is -2.13. The van der Waals surface area contributed by atoms with Gasteiger partial charge in [-0.3, -0.25) is 0 Å². The van der Waals surface area contributed by atoms with Crippen molar-refractivity contribution in [2.24, 2.45) is 5.14 Å². The second-order valence-corrected chi connectivity index (χ2v) is 9.20. The number of alkyl halides is 2. The molecule has 0 saturated heterocycles. The average molecular weight is 494 g/mol. The fraction of sp³-hybridized carbons (Fsp3) is 0.0455. The highest BCUT2D eigenvalue weighted by atomic mass is 35.5. The van der Waals surface area contributed by atoms with Crippen molar-refractivity contribution in [3.8, 4) is 28.1 Å². The number of hydrogen-bond acceptors (Lipinski definition) is 3. The number of rotatable bonds is 5. The number of primary sulfonamides is 1. The van der Waals surface area contributed by atoms with Crippen LogP contribution in [0.2, 0.25) is 10.0 Å². The zero-order valence-electron chi connectivity index (χ0n) is 16.2. The number of nitrogens with two attached hydrogens (primary N) is 1. The standard InChI is InChI=1S/C22H15Cl2F2N3O2S/c23-16-6-2-1-5-15(16)19-20(22(25)26)28-29(18-8-4-3-7-17(18)24)21(19)13-9-11-14(12-10-13)32(27,30)31/h1-12,22H,(H2,27,30,31). The lowest BCUT2D eigenvalue weighted by Crippen LogP contribution is -2.11. The second kappa shape index (κ2) is 8.63. The first-order valence-electron chi connectivity index (χ1n) is 9.22. The minimum atomic E-state index is -3.93. The molecule has 0 aliphatic heterocycles. The smallest absolute Gasteiger partial charge is 0.230 e. The molecule has 3 aromatic carbocycles. The molecular weight excluding hydrogens is 479 g/mol. The van der Waals surface area contributed by atoms with Crippen molar-refractivity contribution in [2.45, 2.75) is 11.3 Å². The van der Waals surface area contributed by atoms with Crippen LogP contribution >= 0.6 is 23.2 Å². The van der Waals surface area contributed by atoms with E-state index >= 15 is 0 Å². The average Bonchev–Trinajstić information content (AvgIpc) is 3.14. The summed E-state index contributed by atoms with van der Waals surface area (Å²) in [6.07, 6.45) is -2.91. The molecule has 164 valence electrons. The summed E-state index contributed by atoms with van der Waals surface area (Å²) in [4.78, 5) is -0.113. The summed E-state index contributed by atoms with van der Waals surface area (Å²) in [7, 11) is -3.93. The minimum Gasteiger partial charge on any atom is -0.230 e. The first-order valence-corrected chi connectivity index (χ1v) is 11.5. The molecule has 1 aromatic heterocycles. The molecule has 0 aliphatic carbocycles. The Hall–Kier alpha value is -2.78. The van der Waals surface area contributed by atoms with Crippen molar-refractivity contribution in [1.82, 2.24) is 9.78 Å². The van der Waals surface area contributed by atoms with Gasteiger partial charge in [0.05, 0.1) is 21.3 Å². The van der Waals surface area contributed by atoms with E-state index in [-0.39, 0.29) is 21.2 Å². The van der Waals surface area contributed by atoms with Crippen LogP contribution in [0.25, 0.3) is 28.1 Å². The Morgan fingerprint density at radius 3 is 2.03 bits per heavy atom. The van der Waals surface area contributed by atoms with E-state index in [1.807, 2.05) is 0 Å². The third-order valence-corrected chi connectivity index (χ3v) is 6.38. The maximum absolute atomic E-state index is 14.1. The predicted molar refractivity (Wildman–Crippen MR) is 121 cm³/mol. The van der Waals surface area contributed by atoms with Gasteiger partial charge in [0, 0.05) is 21.7 Å². The van der Waals surface area contributed by atoms with Crippen LogP contribution in [0.4, 0.5) is 8.78 Å². The molecular formula is C22H15Cl2F2N3O2S. The summed E-state index contributed by atoms with van der Waals surface area (Å²) in [5.41, 5.74) is 1.07. The van der Waals surface area contributed by atoms with E-state index < -0.39 is 22.1 Å². The van der Waals surface area contributed by atoms with E-state index in [4.69, 9.17) is 28.3 Å². The summed E-state index contributed by atoms with van der Waals surface area (Å²) in [5.74, 6) is 0. The maximum Gasteiger partial charge on any atom is 0.282 e. The lowest BCUT2D eigenvalue weighted by molar-refractivity contribution is 0.146. The normalized spacial score (nSPS) is 11.8. The van der Waals surface area contributed by atoms with Crippen molar-refractivity contribution < 1.29 is 17.2 Å². The topological polar surface area (TPSA) is 78.0 Å². The molecule has 0 fully saturated rings. The molecule has 32 heavy (non-hydrogen) atoms. The molecule has 0 radical (unpaired) electrons. The Labute approximate surface area is 193 Å². The van der Waals surface area contributed by atoms with Gasteiger partial charge in [-0.15, -0.1) is 0 Å². The Kier molecular flexibility index (Phi) is 6.05. The van der Waals surface area contributed by atoms with E-state index in [2.05, 4.69) is 5.10 Å². The van der Waals surface area contributed by atoms with E-state index in [1.165, 1.54) is 28.9 Å². The molecule has 4 aromatic rings. The summed E-state index contributed by atoms with van der Waals surface area (Å²) in [5, 5.41) is 9.93. The second-order valence-electron chi connectivity index (χ2n) is 6.82. The highest BCUT2D eigenvalue weighted by Crippen LogP contribution is 2.43. The highest BCUT2D eigenvalue weighted by Gasteiger charge is 2.28. The number of hydrogen-bond donors (Lipinski definition) is 1. The molecule has 4 rings (SSSR count). The van der Waals surface area contributed by atoms with Gasteiger partial charge >= 0.3 is 0 Å². The zero-order valence-corrected chi connectivity index (χ0v) is 18.5. The van der Waals surface area contributed by atoms with E-state index in [1.54, 1.807) is 48.5 Å². The number of para-hydroxylation sites is 1. The quantitative estimate of drug-likeness (QED) is 0.364. The van der Waals surface area contributed by atoms with Gasteiger partial charge in [0.25, 0.3) is 6.43 Å². The Morgan fingerprint density at radius 2 is 1.47 bits per heavy atom. The molecule has 0 amide bonds. The van der Waals surface area contributed by atoms with Crippen LogP contribution in [0, 0.1) is 0 Å². The number of aromatic nitrogens is 2. The molecule has 0 saturated carbocycles. The van der Waals surface area contributed by atoms with E-state index in [0.717, 1.165) is 0 Å². The summed E-state index contributed by atoms with van der Waals surface area (Å²) in [6, 6.07) is 18.8. The van der Waals surface area contributed by atoms with Gasteiger partial charge in [0.2, 0.25) is 10.0 Å². The van der Waals surface area contributed by atoms with Crippen LogP contribution in [0.1, 0.15) is 12.1 Å². The number of halogens is 4. The first-order chi connectivity index (χ1) is 15.2. The van der Waals surface area contributed by atoms with E-state index in [0.29, 0.717) is 21.8 Å². The van der Waals surface area contributed by atoms with Gasteiger partial charge in [-0.1, -0.05) is 65.7 Å². The van der Waals surface area contributed by atoms with Gasteiger partial charge in [0.1, 0.15) is 5.69 Å².